The number of carboxylic acid groups (broad SMARTS) is 1. The van der Waals surface area contributed by atoms with Gasteiger partial charge in [-0.05, 0) is 47.4 Å². The average molecular weight is 477 g/mol. The zero-order valence-electron chi connectivity index (χ0n) is 19.8. The fourth-order valence-electron chi connectivity index (χ4n) is 5.64. The normalized spacial score (nSPS) is 19.2. The van der Waals surface area contributed by atoms with E-state index < -0.39 is 29.6 Å². The molecule has 0 unspecified atom stereocenters. The Morgan fingerprint density at radius 3 is 2.11 bits per heavy atom. The van der Waals surface area contributed by atoms with Crippen molar-refractivity contribution in [2.24, 2.45) is 5.92 Å². The first-order chi connectivity index (χ1) is 17.0. The number of amides is 2. The summed E-state index contributed by atoms with van der Waals surface area (Å²) in [6, 6.07) is 15.3. The van der Waals surface area contributed by atoms with Crippen LogP contribution in [-0.2, 0) is 14.3 Å². The molecule has 35 heavy (non-hydrogen) atoms. The highest BCUT2D eigenvalue weighted by molar-refractivity contribution is 5.95. The van der Waals surface area contributed by atoms with E-state index in [4.69, 9.17) is 4.74 Å². The molecule has 0 aromatic heterocycles. The summed E-state index contributed by atoms with van der Waals surface area (Å²) < 4.78 is 5.59. The largest absolute Gasteiger partial charge is 0.480 e. The first kappa shape index (κ1) is 23.4. The summed E-state index contributed by atoms with van der Waals surface area (Å²) in [5.74, 6) is -1.21. The molecule has 0 aliphatic heterocycles. The zero-order chi connectivity index (χ0) is 24.4. The van der Waals surface area contributed by atoms with E-state index >= 15 is 0 Å². The van der Waals surface area contributed by atoms with Crippen molar-refractivity contribution in [2.75, 3.05) is 6.61 Å². The SMILES string of the molecule is O=C(NC1(C(=O)N[C@H](CC2CCCCC2)C(=O)O)CC1)OCC1c2ccccc2-c2ccccc21. The second-order valence-corrected chi connectivity index (χ2v) is 10.1. The van der Waals surface area contributed by atoms with Gasteiger partial charge in [0, 0.05) is 5.92 Å². The number of hydrogen-bond acceptors (Lipinski definition) is 4. The van der Waals surface area contributed by atoms with Crippen LogP contribution in [0, 0.1) is 5.92 Å². The number of nitrogens with one attached hydrogen (secondary N) is 2. The van der Waals surface area contributed by atoms with Crippen molar-refractivity contribution in [3.05, 3.63) is 59.7 Å². The van der Waals surface area contributed by atoms with Crippen LogP contribution >= 0.6 is 0 Å². The Hall–Kier alpha value is -3.35. The third kappa shape index (κ3) is 4.90. The predicted octanol–water partition coefficient (Wildman–Crippen LogP) is 4.60. The smallest absolute Gasteiger partial charge is 0.408 e. The predicted molar refractivity (Wildman–Crippen MR) is 131 cm³/mol. The molecule has 7 nitrogen and oxygen atoms in total. The number of benzene rings is 2. The molecule has 0 radical (unpaired) electrons. The Labute approximate surface area is 205 Å². The molecule has 0 bridgehead atoms. The van der Waals surface area contributed by atoms with Crippen molar-refractivity contribution >= 4 is 18.0 Å². The van der Waals surface area contributed by atoms with Gasteiger partial charge in [-0.1, -0.05) is 80.6 Å². The molecule has 7 heteroatoms. The molecule has 2 amide bonds. The lowest BCUT2D eigenvalue weighted by Crippen LogP contribution is -2.54. The summed E-state index contributed by atoms with van der Waals surface area (Å²) in [4.78, 5) is 37.5. The van der Waals surface area contributed by atoms with Crippen LogP contribution in [0.5, 0.6) is 0 Å². The molecular weight excluding hydrogens is 444 g/mol. The van der Waals surface area contributed by atoms with Crippen LogP contribution < -0.4 is 10.6 Å². The van der Waals surface area contributed by atoms with E-state index in [1.54, 1.807) is 0 Å². The van der Waals surface area contributed by atoms with Crippen molar-refractivity contribution in [2.45, 2.75) is 68.9 Å². The molecule has 3 aliphatic rings. The maximum atomic E-state index is 13.0. The third-order valence-corrected chi connectivity index (χ3v) is 7.77. The summed E-state index contributed by atoms with van der Waals surface area (Å²) >= 11 is 0. The lowest BCUT2D eigenvalue weighted by atomic mass is 9.85. The first-order valence-electron chi connectivity index (χ1n) is 12.6. The minimum absolute atomic E-state index is 0.0657. The maximum Gasteiger partial charge on any atom is 0.408 e. The molecule has 184 valence electrons. The average Bonchev–Trinajstić information content (AvgIpc) is 3.58. The molecule has 3 N–H and O–H groups in total. The summed E-state index contributed by atoms with van der Waals surface area (Å²) in [6.07, 6.45) is 6.13. The lowest BCUT2D eigenvalue weighted by Gasteiger charge is -2.26. The van der Waals surface area contributed by atoms with Crippen LogP contribution in [0.15, 0.2) is 48.5 Å². The van der Waals surface area contributed by atoms with Gasteiger partial charge in [-0.15, -0.1) is 0 Å². The van der Waals surface area contributed by atoms with Crippen molar-refractivity contribution in [3.63, 3.8) is 0 Å². The van der Waals surface area contributed by atoms with Gasteiger partial charge in [0.25, 0.3) is 0 Å². The fraction of sp³-hybridized carbons (Fsp3) is 0.464. The highest BCUT2D eigenvalue weighted by atomic mass is 16.5. The molecule has 0 spiro atoms. The van der Waals surface area contributed by atoms with Crippen molar-refractivity contribution in [1.82, 2.24) is 10.6 Å². The summed E-state index contributed by atoms with van der Waals surface area (Å²) in [7, 11) is 0. The topological polar surface area (TPSA) is 105 Å². The first-order valence-corrected chi connectivity index (χ1v) is 12.6. The maximum absolute atomic E-state index is 13.0. The number of rotatable bonds is 8. The molecule has 2 aromatic carbocycles. The number of fused-ring (bicyclic) bond motifs is 3. The van der Waals surface area contributed by atoms with Crippen LogP contribution in [-0.4, -0.2) is 41.3 Å². The van der Waals surface area contributed by atoms with Gasteiger partial charge in [0.05, 0.1) is 0 Å². The molecule has 2 fully saturated rings. The van der Waals surface area contributed by atoms with Crippen LogP contribution in [0.2, 0.25) is 0 Å². The van der Waals surface area contributed by atoms with Crippen LogP contribution in [0.1, 0.15) is 68.4 Å². The van der Waals surface area contributed by atoms with Crippen molar-refractivity contribution in [1.29, 1.82) is 0 Å². The standard InChI is InChI=1S/C28H32N2O5/c31-25(32)24(16-18-8-2-1-3-9-18)29-26(33)28(14-15-28)30-27(34)35-17-23-21-12-6-4-10-19(21)20-11-5-7-13-22(20)23/h4-7,10-13,18,23-24H,1-3,8-9,14-17H2,(H,29,33)(H,30,34)(H,31,32)/t24-/m1/s1. The second-order valence-electron chi connectivity index (χ2n) is 10.1. The van der Waals surface area contributed by atoms with E-state index in [2.05, 4.69) is 34.9 Å². The van der Waals surface area contributed by atoms with Gasteiger partial charge in [-0.2, -0.15) is 0 Å². The van der Waals surface area contributed by atoms with Gasteiger partial charge in [-0.25, -0.2) is 9.59 Å². The van der Waals surface area contributed by atoms with Crippen molar-refractivity contribution in [3.8, 4) is 11.1 Å². The number of carbonyl (C=O) groups is 3. The Morgan fingerprint density at radius 2 is 1.54 bits per heavy atom. The molecule has 2 saturated carbocycles. The van der Waals surface area contributed by atoms with Crippen LogP contribution in [0.4, 0.5) is 4.79 Å². The second kappa shape index (κ2) is 9.72. The lowest BCUT2D eigenvalue weighted by molar-refractivity contribution is -0.142. The van der Waals surface area contributed by atoms with Gasteiger partial charge in [0.15, 0.2) is 0 Å². The molecule has 1 atom stereocenters. The van der Waals surface area contributed by atoms with Gasteiger partial charge in [0.1, 0.15) is 18.2 Å². The third-order valence-electron chi connectivity index (χ3n) is 7.77. The number of ether oxygens (including phenoxy) is 1. The van der Waals surface area contributed by atoms with Gasteiger partial charge in [0.2, 0.25) is 5.91 Å². The highest BCUT2D eigenvalue weighted by Gasteiger charge is 2.52. The Balaban J connectivity index is 1.18. The summed E-state index contributed by atoms with van der Waals surface area (Å²) in [5, 5.41) is 15.1. The minimum atomic E-state index is -1.08. The number of hydrogen-bond donors (Lipinski definition) is 3. The van der Waals surface area contributed by atoms with E-state index in [9.17, 15) is 19.5 Å². The molecular formula is C28H32N2O5. The van der Waals surface area contributed by atoms with E-state index in [0.29, 0.717) is 25.2 Å². The zero-order valence-corrected chi connectivity index (χ0v) is 19.8. The molecule has 0 heterocycles. The molecule has 2 aromatic rings. The fourth-order valence-corrected chi connectivity index (χ4v) is 5.64. The monoisotopic (exact) mass is 476 g/mol. The Bertz CT molecular complexity index is 1070. The van der Waals surface area contributed by atoms with Gasteiger partial charge < -0.3 is 20.5 Å². The van der Waals surface area contributed by atoms with E-state index in [1.807, 2.05) is 24.3 Å². The summed E-state index contributed by atoms with van der Waals surface area (Å²) in [5.41, 5.74) is 3.45. The van der Waals surface area contributed by atoms with Crippen LogP contribution in [0.3, 0.4) is 0 Å². The quantitative estimate of drug-likeness (QED) is 0.517. The van der Waals surface area contributed by atoms with Crippen LogP contribution in [0.25, 0.3) is 11.1 Å². The number of aliphatic carboxylic acids is 1. The molecule has 0 saturated heterocycles. The number of carbonyl (C=O) groups excluding carboxylic acids is 2. The van der Waals surface area contributed by atoms with Gasteiger partial charge >= 0.3 is 12.1 Å². The van der Waals surface area contributed by atoms with Crippen molar-refractivity contribution < 1.29 is 24.2 Å². The minimum Gasteiger partial charge on any atom is -0.480 e. The Morgan fingerprint density at radius 1 is 0.943 bits per heavy atom. The molecule has 5 rings (SSSR count). The number of alkyl carbamates (subject to hydrolysis) is 1. The summed E-state index contributed by atoms with van der Waals surface area (Å²) in [6.45, 7) is 0.164. The Kier molecular flexibility index (Phi) is 6.50. The van der Waals surface area contributed by atoms with E-state index in [1.165, 1.54) is 6.42 Å². The number of carboxylic acids is 1. The van der Waals surface area contributed by atoms with E-state index in [-0.39, 0.29) is 12.5 Å². The molecule has 3 aliphatic carbocycles. The highest BCUT2D eigenvalue weighted by Crippen LogP contribution is 2.44. The van der Waals surface area contributed by atoms with E-state index in [0.717, 1.165) is 47.9 Å². The van der Waals surface area contributed by atoms with Gasteiger partial charge in [-0.3, -0.25) is 4.79 Å².